The van der Waals surface area contributed by atoms with Crippen LogP contribution in [0.1, 0.15) is 11.3 Å². The minimum atomic E-state index is 1.20. The molecule has 0 saturated carbocycles. The van der Waals surface area contributed by atoms with Gasteiger partial charge in [-0.25, -0.2) is 0 Å². The van der Waals surface area contributed by atoms with E-state index in [4.69, 9.17) is 0 Å². The highest BCUT2D eigenvalue weighted by atomic mass is 15.0. The Morgan fingerprint density at radius 1 is 0.875 bits per heavy atom. The van der Waals surface area contributed by atoms with E-state index in [1.165, 1.54) is 38.6 Å². The molecule has 3 aromatic carbocycles. The smallest absolute Gasteiger partial charge is 0.0537 e. The van der Waals surface area contributed by atoms with Gasteiger partial charge in [-0.3, -0.25) is 0 Å². The fourth-order valence-corrected chi connectivity index (χ4v) is 3.42. The van der Waals surface area contributed by atoms with Gasteiger partial charge in [-0.1, -0.05) is 73.3 Å². The van der Waals surface area contributed by atoms with E-state index in [1.807, 2.05) is 12.2 Å². The summed E-state index contributed by atoms with van der Waals surface area (Å²) in [7, 11) is 0. The summed E-state index contributed by atoms with van der Waals surface area (Å²) < 4.78 is 2.34. The number of aromatic nitrogens is 1. The molecule has 0 bridgehead atoms. The molecule has 0 aliphatic rings. The van der Waals surface area contributed by atoms with Gasteiger partial charge in [0.05, 0.1) is 5.52 Å². The Balaban J connectivity index is 2.03. The van der Waals surface area contributed by atoms with Gasteiger partial charge in [-0.05, 0) is 35.9 Å². The van der Waals surface area contributed by atoms with Crippen molar-refractivity contribution in [3.05, 3.63) is 96.7 Å². The number of fused-ring (bicyclic) bond motifs is 2. The molecule has 1 heterocycles. The van der Waals surface area contributed by atoms with Crippen molar-refractivity contribution in [2.75, 3.05) is 0 Å². The second-order valence-electron chi connectivity index (χ2n) is 5.98. The minimum absolute atomic E-state index is 1.20. The second kappa shape index (κ2) is 5.86. The number of hydrogen-bond donors (Lipinski definition) is 0. The lowest BCUT2D eigenvalue weighted by molar-refractivity contribution is 1.05. The molecular formula is C23H19N. The third-order valence-electron chi connectivity index (χ3n) is 4.55. The first-order valence-corrected chi connectivity index (χ1v) is 8.18. The zero-order valence-corrected chi connectivity index (χ0v) is 13.7. The zero-order valence-electron chi connectivity index (χ0n) is 13.7. The molecule has 1 heteroatoms. The third kappa shape index (κ3) is 2.26. The lowest BCUT2D eigenvalue weighted by Gasteiger charge is -2.10. The maximum atomic E-state index is 3.79. The van der Waals surface area contributed by atoms with E-state index < -0.39 is 0 Å². The van der Waals surface area contributed by atoms with Crippen molar-refractivity contribution >= 4 is 27.8 Å². The second-order valence-corrected chi connectivity index (χ2v) is 5.98. The molecule has 0 unspecified atom stereocenters. The molecule has 4 aromatic rings. The number of allylic oxidation sites excluding steroid dienone is 2. The van der Waals surface area contributed by atoms with Crippen molar-refractivity contribution in [1.29, 1.82) is 0 Å². The molecule has 0 aliphatic carbocycles. The Kier molecular flexibility index (Phi) is 3.55. The SMILES string of the molecule is C=C/C=C\c1c(C)n(-c2ccc3ccccc3c2)c2ccccc12. The summed E-state index contributed by atoms with van der Waals surface area (Å²) in [6.45, 7) is 5.97. The molecule has 0 N–H and O–H groups in total. The van der Waals surface area contributed by atoms with E-state index in [9.17, 15) is 0 Å². The van der Waals surface area contributed by atoms with Gasteiger partial charge in [0, 0.05) is 22.3 Å². The average molecular weight is 309 g/mol. The molecule has 0 atom stereocenters. The summed E-state index contributed by atoms with van der Waals surface area (Å²) in [5, 5.41) is 3.79. The van der Waals surface area contributed by atoms with Gasteiger partial charge >= 0.3 is 0 Å². The molecule has 4 rings (SSSR count). The van der Waals surface area contributed by atoms with Gasteiger partial charge in [-0.15, -0.1) is 0 Å². The van der Waals surface area contributed by atoms with E-state index in [0.717, 1.165) is 0 Å². The Morgan fingerprint density at radius 2 is 1.62 bits per heavy atom. The Labute approximate surface area is 142 Å². The van der Waals surface area contributed by atoms with Crippen LogP contribution in [0, 0.1) is 6.92 Å². The number of hydrogen-bond acceptors (Lipinski definition) is 0. The maximum Gasteiger partial charge on any atom is 0.0537 e. The molecule has 116 valence electrons. The number of nitrogens with zero attached hydrogens (tertiary/aromatic N) is 1. The molecule has 1 aromatic heterocycles. The largest absolute Gasteiger partial charge is 0.313 e. The van der Waals surface area contributed by atoms with Gasteiger partial charge in [0.1, 0.15) is 0 Å². The highest BCUT2D eigenvalue weighted by Gasteiger charge is 2.13. The summed E-state index contributed by atoms with van der Waals surface area (Å²) in [5.41, 5.74) is 4.91. The highest BCUT2D eigenvalue weighted by Crippen LogP contribution is 2.31. The topological polar surface area (TPSA) is 4.93 Å². The fourth-order valence-electron chi connectivity index (χ4n) is 3.42. The molecular weight excluding hydrogens is 290 g/mol. The van der Waals surface area contributed by atoms with Crippen molar-refractivity contribution in [2.24, 2.45) is 0 Å². The number of rotatable bonds is 3. The van der Waals surface area contributed by atoms with Gasteiger partial charge in [0.25, 0.3) is 0 Å². The van der Waals surface area contributed by atoms with Gasteiger partial charge in [0.15, 0.2) is 0 Å². The van der Waals surface area contributed by atoms with Crippen molar-refractivity contribution in [2.45, 2.75) is 6.92 Å². The molecule has 0 saturated heterocycles. The Hall–Kier alpha value is -3.06. The lowest BCUT2D eigenvalue weighted by atomic mass is 10.1. The van der Waals surface area contributed by atoms with Crippen LogP contribution in [0.25, 0.3) is 33.4 Å². The normalized spacial score (nSPS) is 11.5. The highest BCUT2D eigenvalue weighted by molar-refractivity contribution is 5.93. The van der Waals surface area contributed by atoms with Crippen LogP contribution in [0.15, 0.2) is 85.5 Å². The average Bonchev–Trinajstić information content (AvgIpc) is 2.91. The van der Waals surface area contributed by atoms with Crippen LogP contribution in [0.3, 0.4) is 0 Å². The van der Waals surface area contributed by atoms with Crippen LogP contribution < -0.4 is 0 Å². The van der Waals surface area contributed by atoms with Crippen molar-refractivity contribution in [3.63, 3.8) is 0 Å². The van der Waals surface area contributed by atoms with Crippen LogP contribution in [0.2, 0.25) is 0 Å². The van der Waals surface area contributed by atoms with Gasteiger partial charge < -0.3 is 4.57 Å². The molecule has 1 nitrogen and oxygen atoms in total. The van der Waals surface area contributed by atoms with Crippen LogP contribution in [0.5, 0.6) is 0 Å². The molecule has 0 aliphatic heterocycles. The van der Waals surface area contributed by atoms with Crippen LogP contribution in [-0.2, 0) is 0 Å². The first-order chi connectivity index (χ1) is 11.8. The number of para-hydroxylation sites is 1. The van der Waals surface area contributed by atoms with Crippen LogP contribution >= 0.6 is 0 Å². The summed E-state index contributed by atoms with van der Waals surface area (Å²) in [4.78, 5) is 0. The predicted octanol–water partition coefficient (Wildman–Crippen LogP) is 6.29. The molecule has 24 heavy (non-hydrogen) atoms. The van der Waals surface area contributed by atoms with Crippen molar-refractivity contribution in [3.8, 4) is 5.69 Å². The summed E-state index contributed by atoms with van der Waals surface area (Å²) >= 11 is 0. The Morgan fingerprint density at radius 3 is 2.46 bits per heavy atom. The van der Waals surface area contributed by atoms with E-state index in [1.54, 1.807) is 0 Å². The first kappa shape index (κ1) is 14.5. The summed E-state index contributed by atoms with van der Waals surface area (Å²) in [6.07, 6.45) is 5.96. The van der Waals surface area contributed by atoms with E-state index in [-0.39, 0.29) is 0 Å². The molecule has 0 fully saturated rings. The standard InChI is InChI=1S/C23H19N/c1-3-4-11-21-17(2)24(23-13-8-7-12-22(21)23)20-15-14-18-9-5-6-10-19(18)16-20/h3-16H,1H2,2H3/b11-4-. The monoisotopic (exact) mass is 309 g/mol. The third-order valence-corrected chi connectivity index (χ3v) is 4.55. The number of benzene rings is 3. The first-order valence-electron chi connectivity index (χ1n) is 8.18. The van der Waals surface area contributed by atoms with E-state index in [0.29, 0.717) is 0 Å². The van der Waals surface area contributed by atoms with Crippen LogP contribution in [-0.4, -0.2) is 4.57 Å². The fraction of sp³-hybridized carbons (Fsp3) is 0.0435. The summed E-state index contributed by atoms with van der Waals surface area (Å²) in [5.74, 6) is 0. The van der Waals surface area contributed by atoms with Crippen LogP contribution in [0.4, 0.5) is 0 Å². The van der Waals surface area contributed by atoms with E-state index in [2.05, 4.69) is 90.9 Å². The van der Waals surface area contributed by atoms with Crippen molar-refractivity contribution in [1.82, 2.24) is 4.57 Å². The van der Waals surface area contributed by atoms with Gasteiger partial charge in [-0.2, -0.15) is 0 Å². The van der Waals surface area contributed by atoms with Crippen molar-refractivity contribution < 1.29 is 0 Å². The lowest BCUT2D eigenvalue weighted by Crippen LogP contribution is -1.96. The molecule has 0 spiro atoms. The zero-order chi connectivity index (χ0) is 16.5. The Bertz CT molecular complexity index is 1080. The molecule has 0 radical (unpaired) electrons. The summed E-state index contributed by atoms with van der Waals surface area (Å²) in [6, 6.07) is 23.7. The van der Waals surface area contributed by atoms with E-state index >= 15 is 0 Å². The van der Waals surface area contributed by atoms with Gasteiger partial charge in [0.2, 0.25) is 0 Å². The molecule has 0 amide bonds. The quantitative estimate of drug-likeness (QED) is 0.392. The maximum absolute atomic E-state index is 3.79. The minimum Gasteiger partial charge on any atom is -0.313 e. The predicted molar refractivity (Wildman–Crippen MR) is 105 cm³/mol.